The van der Waals surface area contributed by atoms with Gasteiger partial charge in [0.2, 0.25) is 5.91 Å². The molecule has 3 aliphatic heterocycles. The van der Waals surface area contributed by atoms with Crippen LogP contribution in [0.25, 0.3) is 10.9 Å². The minimum Gasteiger partial charge on any atom is -0.310 e. The van der Waals surface area contributed by atoms with Crippen LogP contribution in [-0.2, 0) is 21.5 Å². The van der Waals surface area contributed by atoms with Crippen LogP contribution in [0.5, 0.6) is 0 Å². The Morgan fingerprint density at radius 1 is 0.953 bits per heavy atom. The summed E-state index contributed by atoms with van der Waals surface area (Å²) in [6, 6.07) is 15.5. The molecule has 4 heterocycles. The summed E-state index contributed by atoms with van der Waals surface area (Å²) >= 11 is 0. The molecule has 2 saturated heterocycles. The summed E-state index contributed by atoms with van der Waals surface area (Å²) in [6.07, 6.45) is 1.74. The van der Waals surface area contributed by atoms with Gasteiger partial charge in [-0.25, -0.2) is 9.69 Å². The molecule has 0 saturated carbocycles. The molecule has 43 heavy (non-hydrogen) atoms. The third-order valence-corrected chi connectivity index (χ3v) is 9.50. The summed E-state index contributed by atoms with van der Waals surface area (Å²) in [5.74, 6) is -0.235. The lowest BCUT2D eigenvalue weighted by Crippen LogP contribution is -2.51. The quantitative estimate of drug-likeness (QED) is 0.395. The molecule has 0 spiro atoms. The smallest absolute Gasteiger partial charge is 0.310 e. The Hall–Kier alpha value is -3.82. The minimum atomic E-state index is -1.05. The summed E-state index contributed by atoms with van der Waals surface area (Å²) in [4.78, 5) is 55.4. The summed E-state index contributed by atoms with van der Waals surface area (Å²) in [5.41, 5.74) is 2.81. The maximum atomic E-state index is 14.0. The second-order valence-electron chi connectivity index (χ2n) is 13.5. The third-order valence-electron chi connectivity index (χ3n) is 9.50. The third kappa shape index (κ3) is 5.08. The number of carbonyl (C=O) groups is 3. The number of fused-ring (bicyclic) bond motifs is 2. The van der Waals surface area contributed by atoms with E-state index < -0.39 is 5.54 Å². The molecule has 0 unspecified atom stereocenters. The fourth-order valence-electron chi connectivity index (χ4n) is 6.75. The Bertz CT molecular complexity index is 1580. The molecular formula is C34H42N6O3. The first-order chi connectivity index (χ1) is 20.4. The highest BCUT2D eigenvalue weighted by Gasteiger charge is 2.52. The Morgan fingerprint density at radius 3 is 2.40 bits per heavy atom. The van der Waals surface area contributed by atoms with Crippen molar-refractivity contribution in [2.24, 2.45) is 0 Å². The van der Waals surface area contributed by atoms with Crippen molar-refractivity contribution in [1.82, 2.24) is 19.7 Å². The molecule has 0 N–H and O–H groups in total. The number of hydrogen-bond donors (Lipinski definition) is 0. The van der Waals surface area contributed by atoms with Gasteiger partial charge in [0.05, 0.1) is 17.7 Å². The van der Waals surface area contributed by atoms with Gasteiger partial charge in [0.1, 0.15) is 5.54 Å². The van der Waals surface area contributed by atoms with Gasteiger partial charge in [-0.2, -0.15) is 0 Å². The summed E-state index contributed by atoms with van der Waals surface area (Å²) in [7, 11) is 0. The molecule has 0 radical (unpaired) electrons. The fraction of sp³-hybridized carbons (Fsp3) is 0.471. The van der Waals surface area contributed by atoms with E-state index in [4.69, 9.17) is 0 Å². The van der Waals surface area contributed by atoms with Gasteiger partial charge in [-0.05, 0) is 63.1 Å². The van der Waals surface area contributed by atoms with Gasteiger partial charge < -0.3 is 9.80 Å². The average Bonchev–Trinajstić information content (AvgIpc) is 3.34. The Labute approximate surface area is 254 Å². The van der Waals surface area contributed by atoms with E-state index >= 15 is 0 Å². The van der Waals surface area contributed by atoms with E-state index in [-0.39, 0.29) is 29.8 Å². The summed E-state index contributed by atoms with van der Waals surface area (Å²) < 4.78 is 0. The molecule has 226 valence electrons. The molecule has 1 aromatic heterocycles. The first kappa shape index (κ1) is 29.3. The van der Waals surface area contributed by atoms with Crippen LogP contribution in [0, 0.1) is 0 Å². The number of benzene rings is 2. The monoisotopic (exact) mass is 582 g/mol. The number of nitrogens with zero attached hydrogens (tertiary/aromatic N) is 6. The van der Waals surface area contributed by atoms with E-state index in [1.165, 1.54) is 4.90 Å². The van der Waals surface area contributed by atoms with Crippen LogP contribution in [0.3, 0.4) is 0 Å². The van der Waals surface area contributed by atoms with Crippen LogP contribution >= 0.6 is 0 Å². The van der Waals surface area contributed by atoms with E-state index in [0.717, 1.165) is 53.9 Å². The normalized spacial score (nSPS) is 20.5. The number of hydrogen-bond acceptors (Lipinski definition) is 6. The number of amides is 4. The summed E-state index contributed by atoms with van der Waals surface area (Å²) in [6.45, 7) is 17.1. The highest BCUT2D eigenvalue weighted by Crippen LogP contribution is 2.44. The molecule has 6 rings (SSSR count). The predicted molar refractivity (Wildman–Crippen MR) is 169 cm³/mol. The van der Waals surface area contributed by atoms with Crippen LogP contribution in [0.4, 0.5) is 16.2 Å². The Morgan fingerprint density at radius 2 is 1.67 bits per heavy atom. The largest absolute Gasteiger partial charge is 0.332 e. The van der Waals surface area contributed by atoms with E-state index in [1.54, 1.807) is 24.9 Å². The lowest BCUT2D eigenvalue weighted by molar-refractivity contribution is -0.123. The van der Waals surface area contributed by atoms with Crippen molar-refractivity contribution in [3.8, 4) is 0 Å². The number of para-hydroxylation sites is 1. The van der Waals surface area contributed by atoms with Gasteiger partial charge >= 0.3 is 6.03 Å². The first-order valence-electron chi connectivity index (χ1n) is 15.3. The Kier molecular flexibility index (Phi) is 7.29. The summed E-state index contributed by atoms with van der Waals surface area (Å²) in [5, 5.41) is 0.957. The lowest BCUT2D eigenvalue weighted by atomic mass is 9.87. The highest BCUT2D eigenvalue weighted by molar-refractivity contribution is 6.23. The van der Waals surface area contributed by atoms with Gasteiger partial charge in [0.15, 0.2) is 0 Å². The number of pyridine rings is 1. The number of anilines is 2. The number of imide groups is 1. The fourth-order valence-corrected chi connectivity index (χ4v) is 6.75. The number of aromatic nitrogens is 1. The second kappa shape index (κ2) is 10.7. The molecule has 4 amide bonds. The van der Waals surface area contributed by atoms with E-state index in [9.17, 15) is 14.4 Å². The number of carbonyl (C=O) groups excluding carboxylic acids is 3. The van der Waals surface area contributed by atoms with Crippen LogP contribution in [0.1, 0.15) is 52.7 Å². The van der Waals surface area contributed by atoms with Crippen molar-refractivity contribution in [1.29, 1.82) is 0 Å². The topological polar surface area (TPSA) is 80.3 Å². The second-order valence-corrected chi connectivity index (χ2v) is 13.5. The maximum absolute atomic E-state index is 14.0. The van der Waals surface area contributed by atoms with Crippen molar-refractivity contribution in [2.75, 3.05) is 49.1 Å². The zero-order valence-corrected chi connectivity index (χ0v) is 26.1. The van der Waals surface area contributed by atoms with Crippen molar-refractivity contribution < 1.29 is 14.4 Å². The van der Waals surface area contributed by atoms with Gasteiger partial charge in [-0.1, -0.05) is 38.1 Å². The molecule has 0 bridgehead atoms. The van der Waals surface area contributed by atoms with Gasteiger partial charge in [0.25, 0.3) is 5.91 Å². The van der Waals surface area contributed by atoms with Gasteiger partial charge in [-0.15, -0.1) is 0 Å². The first-order valence-corrected chi connectivity index (χ1v) is 15.3. The SMILES string of the molecule is CC(C)N1CCN(CC(=O)N2CC(C)(C)c3ccc(N4C(=O)N(Cc5ccnc6ccccc56)C(C)(C)C4=O)cc32)CC1. The van der Waals surface area contributed by atoms with Crippen molar-refractivity contribution in [3.05, 3.63) is 65.9 Å². The molecule has 3 aliphatic rings. The zero-order chi connectivity index (χ0) is 30.7. The number of piperazine rings is 1. The number of rotatable bonds is 6. The molecule has 0 atom stereocenters. The molecule has 2 fully saturated rings. The van der Waals surface area contributed by atoms with Crippen LogP contribution in [-0.4, -0.2) is 88.4 Å². The van der Waals surface area contributed by atoms with Gasteiger partial charge in [-0.3, -0.25) is 24.4 Å². The van der Waals surface area contributed by atoms with E-state index in [1.807, 2.05) is 53.4 Å². The van der Waals surface area contributed by atoms with Gasteiger partial charge in [0, 0.05) is 68.0 Å². The molecule has 9 heteroatoms. The number of urea groups is 1. The maximum Gasteiger partial charge on any atom is 0.332 e. The highest BCUT2D eigenvalue weighted by atomic mass is 16.2. The van der Waals surface area contributed by atoms with Crippen molar-refractivity contribution >= 4 is 40.1 Å². The van der Waals surface area contributed by atoms with Crippen molar-refractivity contribution in [2.45, 2.75) is 65.1 Å². The molecule has 9 nitrogen and oxygen atoms in total. The van der Waals surface area contributed by atoms with Crippen LogP contribution in [0.15, 0.2) is 54.7 Å². The van der Waals surface area contributed by atoms with E-state index in [2.05, 4.69) is 42.5 Å². The van der Waals surface area contributed by atoms with Crippen LogP contribution < -0.4 is 9.80 Å². The van der Waals surface area contributed by atoms with E-state index in [0.29, 0.717) is 24.8 Å². The Balaban J connectivity index is 1.26. The average molecular weight is 583 g/mol. The molecule has 0 aliphatic carbocycles. The molecule has 3 aromatic rings. The van der Waals surface area contributed by atoms with Crippen molar-refractivity contribution in [3.63, 3.8) is 0 Å². The lowest BCUT2D eigenvalue weighted by Gasteiger charge is -2.37. The minimum absolute atomic E-state index is 0.0487. The predicted octanol–water partition coefficient (Wildman–Crippen LogP) is 4.63. The zero-order valence-electron chi connectivity index (χ0n) is 26.1. The molecular weight excluding hydrogens is 540 g/mol. The standard InChI is InChI=1S/C34H42N6O3/c1-23(2)37-17-15-36(16-18-37)21-30(41)38-22-33(3,4)27-12-11-25(19-29(27)38)40-31(42)34(5,6)39(32(40)43)20-24-13-14-35-28-10-8-7-9-26(24)28/h7-14,19,23H,15-18,20-22H2,1-6H3. The van der Waals surface area contributed by atoms with Crippen LogP contribution in [0.2, 0.25) is 0 Å². The molecule has 2 aromatic carbocycles.